The van der Waals surface area contributed by atoms with E-state index in [9.17, 15) is 23.5 Å². The Balaban J connectivity index is 1.08. The number of ether oxygens (including phenoxy) is 1. The third kappa shape index (κ3) is 6.51. The maximum atomic E-state index is 13.6. The van der Waals surface area contributed by atoms with Crippen molar-refractivity contribution in [2.24, 2.45) is 0 Å². The van der Waals surface area contributed by atoms with Crippen molar-refractivity contribution in [3.8, 4) is 23.2 Å². The number of aliphatic hydroxyl groups is 1. The number of hydrogen-bond acceptors (Lipinski definition) is 9. The van der Waals surface area contributed by atoms with Crippen molar-refractivity contribution in [1.82, 2.24) is 39.9 Å². The summed E-state index contributed by atoms with van der Waals surface area (Å²) >= 11 is 0. The normalized spacial score (nSPS) is 21.5. The summed E-state index contributed by atoms with van der Waals surface area (Å²) in [6.07, 6.45) is 5.38. The van der Waals surface area contributed by atoms with Crippen molar-refractivity contribution in [3.05, 3.63) is 54.4 Å². The number of hydrogen-bond donors (Lipinski definition) is 3. The van der Waals surface area contributed by atoms with Crippen LogP contribution >= 0.6 is 0 Å². The molecule has 238 valence electrons. The standard InChI is InChI=1S/C31H36F3N9O2/c1-29(2,18-44)39-15-20-11-25(31(32,33)34)41-26(12-20)45-23-4-9-42(10-5-23)22-13-30(14-22,6-7-35)43-17-21(16-40-43)27-24-3-8-36-28(24)38-19-37-27/h3,8,11-12,16-17,19,22-23,39,44H,4-6,9-10,13-15,18H2,1-2H3,(H,36,37,38)/t22-,30-. The number of fused-ring (bicyclic) bond motifs is 1. The zero-order chi connectivity index (χ0) is 31.8. The van der Waals surface area contributed by atoms with Crippen molar-refractivity contribution in [1.29, 1.82) is 5.26 Å². The van der Waals surface area contributed by atoms with Crippen molar-refractivity contribution >= 4 is 11.0 Å². The van der Waals surface area contributed by atoms with Crippen LogP contribution in [-0.4, -0.2) is 77.1 Å². The molecule has 1 aliphatic carbocycles. The van der Waals surface area contributed by atoms with Gasteiger partial charge in [-0.3, -0.25) is 9.58 Å². The predicted octanol–water partition coefficient (Wildman–Crippen LogP) is 4.41. The first-order chi connectivity index (χ1) is 21.5. The Kier molecular flexibility index (Phi) is 8.28. The zero-order valence-electron chi connectivity index (χ0n) is 25.2. The fourth-order valence-electron chi connectivity index (χ4n) is 6.24. The molecule has 6 rings (SSSR count). The Bertz CT molecular complexity index is 1680. The van der Waals surface area contributed by atoms with E-state index < -0.39 is 22.9 Å². The molecule has 4 aromatic heterocycles. The molecular weight excluding hydrogens is 587 g/mol. The van der Waals surface area contributed by atoms with E-state index in [2.05, 4.69) is 41.3 Å². The topological polar surface area (TPSA) is 141 Å². The molecule has 2 aliphatic rings. The van der Waals surface area contributed by atoms with Crippen LogP contribution < -0.4 is 10.1 Å². The van der Waals surface area contributed by atoms with Crippen LogP contribution in [0.25, 0.3) is 22.3 Å². The van der Waals surface area contributed by atoms with Gasteiger partial charge in [0.15, 0.2) is 0 Å². The van der Waals surface area contributed by atoms with E-state index in [-0.39, 0.29) is 31.2 Å². The fraction of sp³-hybridized carbons (Fsp3) is 0.516. The minimum atomic E-state index is -4.61. The Hall–Kier alpha value is -4.06. The van der Waals surface area contributed by atoms with E-state index in [4.69, 9.17) is 4.74 Å². The smallest absolute Gasteiger partial charge is 0.433 e. The highest BCUT2D eigenvalue weighted by molar-refractivity contribution is 5.90. The first kappa shape index (κ1) is 30.9. The van der Waals surface area contributed by atoms with E-state index >= 15 is 0 Å². The van der Waals surface area contributed by atoms with E-state index in [0.717, 1.165) is 54.3 Å². The monoisotopic (exact) mass is 623 g/mol. The molecule has 0 spiro atoms. The molecule has 45 heavy (non-hydrogen) atoms. The summed E-state index contributed by atoms with van der Waals surface area (Å²) in [6.45, 7) is 4.97. The molecule has 0 bridgehead atoms. The quantitative estimate of drug-likeness (QED) is 0.234. The summed E-state index contributed by atoms with van der Waals surface area (Å²) in [7, 11) is 0. The van der Waals surface area contributed by atoms with E-state index in [0.29, 0.717) is 24.8 Å². The van der Waals surface area contributed by atoms with E-state index in [1.54, 1.807) is 20.0 Å². The van der Waals surface area contributed by atoms with Gasteiger partial charge in [-0.15, -0.1) is 0 Å². The third-order valence-electron chi connectivity index (χ3n) is 8.93. The fourth-order valence-corrected chi connectivity index (χ4v) is 6.24. The lowest BCUT2D eigenvalue weighted by atomic mass is 9.69. The van der Waals surface area contributed by atoms with E-state index in [1.165, 1.54) is 12.4 Å². The largest absolute Gasteiger partial charge is 0.474 e. The number of alkyl halides is 3. The van der Waals surface area contributed by atoms with Gasteiger partial charge in [-0.2, -0.15) is 23.5 Å². The van der Waals surface area contributed by atoms with Gasteiger partial charge >= 0.3 is 6.18 Å². The first-order valence-corrected chi connectivity index (χ1v) is 15.0. The Morgan fingerprint density at radius 3 is 2.69 bits per heavy atom. The second-order valence-electron chi connectivity index (χ2n) is 12.7. The van der Waals surface area contributed by atoms with Gasteiger partial charge in [0.25, 0.3) is 0 Å². The number of H-pyrrole nitrogens is 1. The Morgan fingerprint density at radius 1 is 1.20 bits per heavy atom. The van der Waals surface area contributed by atoms with E-state index in [1.807, 2.05) is 23.1 Å². The molecule has 0 radical (unpaired) electrons. The minimum absolute atomic E-state index is 0.0475. The SMILES string of the molecule is CC(C)(CO)NCc1cc(OC2CCN([C@H]3C[C@](CC#N)(n4cc(-c5ncnc6[nH]ccc56)cn4)C3)CC2)nc(C(F)(F)F)c1. The molecule has 0 aromatic carbocycles. The molecule has 0 amide bonds. The third-order valence-corrected chi connectivity index (χ3v) is 8.93. The van der Waals surface area contributed by atoms with Crippen molar-refractivity contribution in [3.63, 3.8) is 0 Å². The number of halogens is 3. The lowest BCUT2D eigenvalue weighted by Gasteiger charge is -2.52. The molecular formula is C31H36F3N9O2. The molecule has 3 N–H and O–H groups in total. The number of aliphatic hydroxyl groups excluding tert-OH is 1. The summed E-state index contributed by atoms with van der Waals surface area (Å²) in [5.74, 6) is -0.0475. The highest BCUT2D eigenvalue weighted by Gasteiger charge is 2.49. The second-order valence-corrected chi connectivity index (χ2v) is 12.7. The molecule has 2 fully saturated rings. The maximum Gasteiger partial charge on any atom is 0.433 e. The van der Waals surface area contributed by atoms with Crippen LogP contribution in [0, 0.1) is 11.3 Å². The molecule has 4 aromatic rings. The van der Waals surface area contributed by atoms with Gasteiger partial charge in [0.05, 0.1) is 36.5 Å². The summed E-state index contributed by atoms with van der Waals surface area (Å²) < 4.78 is 48.7. The molecule has 11 nitrogen and oxygen atoms in total. The number of nitriles is 1. The molecule has 14 heteroatoms. The lowest BCUT2D eigenvalue weighted by molar-refractivity contribution is -0.141. The molecule has 1 aliphatic heterocycles. The average molecular weight is 624 g/mol. The zero-order valence-corrected chi connectivity index (χ0v) is 25.2. The van der Waals surface area contributed by atoms with Gasteiger partial charge in [-0.1, -0.05) is 0 Å². The summed E-state index contributed by atoms with van der Waals surface area (Å²) in [6, 6.07) is 7.09. The van der Waals surface area contributed by atoms with Crippen LogP contribution in [0.5, 0.6) is 5.88 Å². The van der Waals surface area contributed by atoms with Gasteiger partial charge < -0.3 is 20.1 Å². The van der Waals surface area contributed by atoms with Crippen LogP contribution in [0.3, 0.4) is 0 Å². The van der Waals surface area contributed by atoms with Gasteiger partial charge in [0, 0.05) is 60.6 Å². The number of nitrogens with zero attached hydrogens (tertiary/aromatic N) is 7. The number of likely N-dealkylation sites (tertiary alicyclic amines) is 1. The number of aromatic amines is 1. The number of pyridine rings is 1. The van der Waals surface area contributed by atoms with Gasteiger partial charge in [-0.25, -0.2) is 15.0 Å². The first-order valence-electron chi connectivity index (χ1n) is 15.0. The van der Waals surface area contributed by atoms with Crippen LogP contribution in [0.2, 0.25) is 0 Å². The van der Waals surface area contributed by atoms with Gasteiger partial charge in [-0.05, 0) is 57.2 Å². The average Bonchev–Trinajstić information content (AvgIpc) is 3.68. The van der Waals surface area contributed by atoms with Crippen LogP contribution in [0.1, 0.15) is 57.2 Å². The number of nitrogens with one attached hydrogen (secondary N) is 2. The molecule has 1 saturated carbocycles. The Labute approximate surface area is 258 Å². The summed E-state index contributed by atoms with van der Waals surface area (Å²) in [5.41, 5.74) is 0.719. The molecule has 5 heterocycles. The molecule has 0 atom stereocenters. The number of aromatic nitrogens is 6. The van der Waals surface area contributed by atoms with Crippen molar-refractivity contribution in [2.45, 2.75) is 81.9 Å². The highest BCUT2D eigenvalue weighted by Crippen LogP contribution is 2.45. The van der Waals surface area contributed by atoms with Crippen molar-refractivity contribution < 1.29 is 23.0 Å². The van der Waals surface area contributed by atoms with Crippen LogP contribution in [0.15, 0.2) is 43.1 Å². The summed E-state index contributed by atoms with van der Waals surface area (Å²) in [5, 5.41) is 27.8. The predicted molar refractivity (Wildman–Crippen MR) is 159 cm³/mol. The summed E-state index contributed by atoms with van der Waals surface area (Å²) in [4.78, 5) is 18.0. The van der Waals surface area contributed by atoms with Gasteiger partial charge in [0.2, 0.25) is 5.88 Å². The van der Waals surface area contributed by atoms with Crippen LogP contribution in [0.4, 0.5) is 13.2 Å². The number of rotatable bonds is 10. The maximum absolute atomic E-state index is 13.6. The lowest BCUT2D eigenvalue weighted by Crippen LogP contribution is -2.58. The van der Waals surface area contributed by atoms with Crippen molar-refractivity contribution in [2.75, 3.05) is 19.7 Å². The second kappa shape index (κ2) is 12.0. The Morgan fingerprint density at radius 2 is 1.98 bits per heavy atom. The van der Waals surface area contributed by atoms with Gasteiger partial charge in [0.1, 0.15) is 23.8 Å². The number of piperidine rings is 1. The minimum Gasteiger partial charge on any atom is -0.474 e. The molecule has 1 saturated heterocycles. The van der Waals surface area contributed by atoms with Crippen LogP contribution in [-0.2, 0) is 18.3 Å². The molecule has 0 unspecified atom stereocenters. The highest BCUT2D eigenvalue weighted by atomic mass is 19.4.